The standard InChI is InChI=1S/C30H27N3O2/c1-19(2)20-8-10-23(11-9-20)25-16-27-26(28(34)17-25)18-31-30(32-27)33-29(35)24-14-12-22(13-15-24)21-6-4-3-5-7-21/h3-15,18-19,25H,16-17H2,1-2H3,(H,31,32,33,35)/t25-/m1/s1. The predicted octanol–water partition coefficient (Wildman–Crippen LogP) is 6.43. The first-order valence-corrected chi connectivity index (χ1v) is 11.9. The number of carbonyl (C=O) groups excluding carboxylic acids is 2. The van der Waals surface area contributed by atoms with Crippen LogP contribution in [0.5, 0.6) is 0 Å². The van der Waals surface area contributed by atoms with Crippen molar-refractivity contribution in [3.05, 3.63) is 113 Å². The molecule has 3 aromatic carbocycles. The van der Waals surface area contributed by atoms with Crippen LogP contribution in [0.15, 0.2) is 85.1 Å². The van der Waals surface area contributed by atoms with Crippen molar-refractivity contribution in [2.24, 2.45) is 0 Å². The molecule has 5 heteroatoms. The molecule has 1 N–H and O–H groups in total. The Morgan fingerprint density at radius 2 is 1.57 bits per heavy atom. The fraction of sp³-hybridized carbons (Fsp3) is 0.200. The minimum Gasteiger partial charge on any atom is -0.294 e. The lowest BCUT2D eigenvalue weighted by molar-refractivity contribution is 0.0962. The van der Waals surface area contributed by atoms with Crippen molar-refractivity contribution in [2.45, 2.75) is 38.5 Å². The number of benzene rings is 3. The molecule has 174 valence electrons. The van der Waals surface area contributed by atoms with Crippen molar-refractivity contribution in [2.75, 3.05) is 5.32 Å². The Labute approximate surface area is 205 Å². The Morgan fingerprint density at radius 3 is 2.26 bits per heavy atom. The minimum absolute atomic E-state index is 0.0403. The molecule has 1 aliphatic carbocycles. The molecule has 0 fully saturated rings. The number of ketones is 1. The summed E-state index contributed by atoms with van der Waals surface area (Å²) in [5, 5.41) is 2.78. The number of aromatic nitrogens is 2. The summed E-state index contributed by atoms with van der Waals surface area (Å²) in [4.78, 5) is 34.4. The maximum absolute atomic E-state index is 12.8. The average molecular weight is 462 g/mol. The molecule has 0 bridgehead atoms. The topological polar surface area (TPSA) is 72.0 Å². The van der Waals surface area contributed by atoms with E-state index in [9.17, 15) is 9.59 Å². The Morgan fingerprint density at radius 1 is 0.886 bits per heavy atom. The van der Waals surface area contributed by atoms with E-state index in [0.29, 0.717) is 35.6 Å². The average Bonchev–Trinajstić information content (AvgIpc) is 2.89. The summed E-state index contributed by atoms with van der Waals surface area (Å²) < 4.78 is 0. The van der Waals surface area contributed by atoms with Crippen molar-refractivity contribution < 1.29 is 9.59 Å². The van der Waals surface area contributed by atoms with E-state index >= 15 is 0 Å². The van der Waals surface area contributed by atoms with E-state index in [1.807, 2.05) is 42.5 Å². The zero-order chi connectivity index (χ0) is 24.4. The molecular weight excluding hydrogens is 434 g/mol. The summed E-state index contributed by atoms with van der Waals surface area (Å²) in [7, 11) is 0. The van der Waals surface area contributed by atoms with Crippen LogP contribution in [0, 0.1) is 0 Å². The number of rotatable bonds is 5. The van der Waals surface area contributed by atoms with Crippen LogP contribution in [0.3, 0.4) is 0 Å². The van der Waals surface area contributed by atoms with Crippen LogP contribution in [0.25, 0.3) is 11.1 Å². The fourth-order valence-electron chi connectivity index (χ4n) is 4.51. The fourth-order valence-corrected chi connectivity index (χ4v) is 4.51. The van der Waals surface area contributed by atoms with Crippen molar-refractivity contribution in [1.82, 2.24) is 9.97 Å². The first kappa shape index (κ1) is 22.7. The number of hydrogen-bond donors (Lipinski definition) is 1. The lowest BCUT2D eigenvalue weighted by atomic mass is 9.81. The monoisotopic (exact) mass is 461 g/mol. The van der Waals surface area contributed by atoms with E-state index < -0.39 is 0 Å². The van der Waals surface area contributed by atoms with Crippen LogP contribution in [0.2, 0.25) is 0 Å². The molecule has 35 heavy (non-hydrogen) atoms. The number of nitrogens with one attached hydrogen (secondary N) is 1. The highest BCUT2D eigenvalue weighted by Crippen LogP contribution is 2.32. The first-order chi connectivity index (χ1) is 17.0. The first-order valence-electron chi connectivity index (χ1n) is 11.9. The molecule has 0 saturated carbocycles. The van der Waals surface area contributed by atoms with Gasteiger partial charge in [0.05, 0.1) is 11.3 Å². The highest BCUT2D eigenvalue weighted by molar-refractivity contribution is 6.04. The minimum atomic E-state index is -0.285. The third kappa shape index (κ3) is 4.90. The smallest absolute Gasteiger partial charge is 0.258 e. The molecule has 1 aliphatic rings. The molecule has 1 atom stereocenters. The molecule has 4 aromatic rings. The highest BCUT2D eigenvalue weighted by atomic mass is 16.1. The van der Waals surface area contributed by atoms with E-state index in [1.54, 1.807) is 12.1 Å². The van der Waals surface area contributed by atoms with Crippen LogP contribution in [-0.4, -0.2) is 21.7 Å². The summed E-state index contributed by atoms with van der Waals surface area (Å²) in [5.41, 5.74) is 6.30. The maximum atomic E-state index is 12.8. The van der Waals surface area contributed by atoms with E-state index in [1.165, 1.54) is 11.8 Å². The highest BCUT2D eigenvalue weighted by Gasteiger charge is 2.28. The van der Waals surface area contributed by atoms with Gasteiger partial charge in [-0.15, -0.1) is 0 Å². The quantitative estimate of drug-likeness (QED) is 0.372. The van der Waals surface area contributed by atoms with Crippen molar-refractivity contribution in [3.63, 3.8) is 0 Å². The second-order valence-corrected chi connectivity index (χ2v) is 9.30. The molecule has 0 unspecified atom stereocenters. The molecule has 1 heterocycles. The van der Waals surface area contributed by atoms with E-state index in [-0.39, 0.29) is 23.6 Å². The molecule has 0 aliphatic heterocycles. The van der Waals surface area contributed by atoms with Gasteiger partial charge in [-0.25, -0.2) is 9.97 Å². The molecule has 1 aromatic heterocycles. The van der Waals surface area contributed by atoms with Crippen LogP contribution in [-0.2, 0) is 6.42 Å². The van der Waals surface area contributed by atoms with Gasteiger partial charge in [0.15, 0.2) is 5.78 Å². The lowest BCUT2D eigenvalue weighted by Crippen LogP contribution is -2.22. The van der Waals surface area contributed by atoms with Gasteiger partial charge in [0, 0.05) is 18.2 Å². The van der Waals surface area contributed by atoms with Gasteiger partial charge in [-0.2, -0.15) is 0 Å². The Hall–Kier alpha value is -4.12. The van der Waals surface area contributed by atoms with Gasteiger partial charge in [0.1, 0.15) is 0 Å². The molecule has 1 amide bonds. The van der Waals surface area contributed by atoms with E-state index in [2.05, 4.69) is 53.4 Å². The van der Waals surface area contributed by atoms with E-state index in [0.717, 1.165) is 16.7 Å². The van der Waals surface area contributed by atoms with E-state index in [4.69, 9.17) is 0 Å². The Kier molecular flexibility index (Phi) is 6.23. The molecule has 0 radical (unpaired) electrons. The third-order valence-electron chi connectivity index (χ3n) is 6.59. The van der Waals surface area contributed by atoms with Crippen LogP contribution in [0.4, 0.5) is 5.95 Å². The summed E-state index contributed by atoms with van der Waals surface area (Å²) in [6, 6.07) is 25.9. The van der Waals surface area contributed by atoms with Gasteiger partial charge in [-0.05, 0) is 52.6 Å². The molecular formula is C30H27N3O2. The summed E-state index contributed by atoms with van der Waals surface area (Å²) in [5.74, 6) is 0.502. The van der Waals surface area contributed by atoms with Gasteiger partial charge < -0.3 is 0 Å². The van der Waals surface area contributed by atoms with Crippen LogP contribution in [0.1, 0.15) is 69.6 Å². The van der Waals surface area contributed by atoms with Gasteiger partial charge in [-0.1, -0.05) is 80.6 Å². The number of Topliss-reactive ketones (excluding diaryl/α,β-unsaturated/α-hetero) is 1. The van der Waals surface area contributed by atoms with Crippen molar-refractivity contribution in [1.29, 1.82) is 0 Å². The predicted molar refractivity (Wildman–Crippen MR) is 138 cm³/mol. The lowest BCUT2D eigenvalue weighted by Gasteiger charge is -2.23. The summed E-state index contributed by atoms with van der Waals surface area (Å²) in [6.45, 7) is 4.33. The number of amides is 1. The normalized spacial score (nSPS) is 15.1. The molecule has 5 nitrogen and oxygen atoms in total. The summed E-state index contributed by atoms with van der Waals surface area (Å²) >= 11 is 0. The number of nitrogens with zero attached hydrogens (tertiary/aromatic N) is 2. The Balaban J connectivity index is 1.31. The molecule has 0 saturated heterocycles. The molecule has 5 rings (SSSR count). The van der Waals surface area contributed by atoms with Gasteiger partial charge in [-0.3, -0.25) is 14.9 Å². The summed E-state index contributed by atoms with van der Waals surface area (Å²) in [6.07, 6.45) is 2.62. The zero-order valence-corrected chi connectivity index (χ0v) is 19.9. The zero-order valence-electron chi connectivity index (χ0n) is 19.9. The van der Waals surface area contributed by atoms with Crippen molar-refractivity contribution >= 4 is 17.6 Å². The van der Waals surface area contributed by atoms with Gasteiger partial charge >= 0.3 is 0 Å². The van der Waals surface area contributed by atoms with Crippen LogP contribution >= 0.6 is 0 Å². The van der Waals surface area contributed by atoms with Crippen molar-refractivity contribution in [3.8, 4) is 11.1 Å². The van der Waals surface area contributed by atoms with Gasteiger partial charge in [0.25, 0.3) is 5.91 Å². The second kappa shape index (κ2) is 9.63. The van der Waals surface area contributed by atoms with Crippen LogP contribution < -0.4 is 5.32 Å². The maximum Gasteiger partial charge on any atom is 0.258 e. The third-order valence-corrected chi connectivity index (χ3v) is 6.59. The van der Waals surface area contributed by atoms with Gasteiger partial charge in [0.2, 0.25) is 5.95 Å². The number of carbonyl (C=O) groups is 2. The number of fused-ring (bicyclic) bond motifs is 1. The SMILES string of the molecule is CC(C)c1ccc([C@H]2CC(=O)c3cnc(NC(=O)c4ccc(-c5ccccc5)cc4)nc3C2)cc1. The molecule has 0 spiro atoms. The Bertz CT molecular complexity index is 1360. The largest absolute Gasteiger partial charge is 0.294 e. The number of hydrogen-bond acceptors (Lipinski definition) is 4. The number of anilines is 1. The second-order valence-electron chi connectivity index (χ2n) is 9.30.